The summed E-state index contributed by atoms with van der Waals surface area (Å²) < 4.78 is 8.72. The van der Waals surface area contributed by atoms with Gasteiger partial charge in [-0.05, 0) is 24.6 Å². The third-order valence-corrected chi connectivity index (χ3v) is 7.59. The molecule has 3 heterocycles. The van der Waals surface area contributed by atoms with Crippen molar-refractivity contribution in [3.8, 4) is 0 Å². The number of hydrogen-bond donors (Lipinski definition) is 1. The quantitative estimate of drug-likeness (QED) is 0.275. The van der Waals surface area contributed by atoms with Gasteiger partial charge in [0, 0.05) is 19.1 Å². The number of amides is 1. The number of imidazole rings is 1. The molecule has 0 fully saturated rings. The number of aromatic nitrogens is 5. The fourth-order valence-corrected chi connectivity index (χ4v) is 5.30. The molecule has 0 bridgehead atoms. The number of nitrogens with one attached hydrogen (secondary N) is 1. The average Bonchev–Trinajstić information content (AvgIpc) is 3.40. The van der Waals surface area contributed by atoms with Gasteiger partial charge < -0.3 is 14.6 Å². The number of ether oxygens (including phenoxy) is 1. The molecular formula is C22H21ClN6O5S2. The van der Waals surface area contributed by atoms with E-state index >= 15 is 0 Å². The standard InChI is InChI=1S/C22H21ClN6O5S2/c1-11-16(19(32)34-4)36-20(24-11)25-14(30)10-35-21-26-17-15(18(31)28(3)22(33)27(17)2)29(21)9-12-5-7-13(23)8-6-12/h5-8H,9-10H2,1-4H3,(H,24,25,30). The van der Waals surface area contributed by atoms with Crippen LogP contribution in [0.5, 0.6) is 0 Å². The topological polar surface area (TPSA) is 130 Å². The fourth-order valence-electron chi connectivity index (χ4n) is 3.47. The molecule has 1 amide bonds. The van der Waals surface area contributed by atoms with E-state index in [1.807, 2.05) is 12.1 Å². The Bertz CT molecular complexity index is 1600. The number of nitrogens with zero attached hydrogens (tertiary/aromatic N) is 5. The van der Waals surface area contributed by atoms with Gasteiger partial charge in [-0.1, -0.05) is 46.8 Å². The lowest BCUT2D eigenvalue weighted by atomic mass is 10.2. The van der Waals surface area contributed by atoms with Crippen LogP contribution < -0.4 is 16.6 Å². The average molecular weight is 549 g/mol. The molecule has 0 spiro atoms. The SMILES string of the molecule is COC(=O)c1sc(NC(=O)CSc2nc3c(c(=O)n(C)c(=O)n3C)n2Cc2ccc(Cl)cc2)nc1C. The lowest BCUT2D eigenvalue weighted by Crippen LogP contribution is -2.37. The Morgan fingerprint density at radius 1 is 1.14 bits per heavy atom. The summed E-state index contributed by atoms with van der Waals surface area (Å²) in [5, 5.41) is 3.90. The number of rotatable bonds is 7. The molecule has 0 aliphatic heterocycles. The Labute approximate surface area is 217 Å². The summed E-state index contributed by atoms with van der Waals surface area (Å²) in [4.78, 5) is 58.9. The number of hydrogen-bond acceptors (Lipinski definition) is 9. The van der Waals surface area contributed by atoms with Gasteiger partial charge in [-0.25, -0.2) is 19.6 Å². The maximum atomic E-state index is 13.0. The molecule has 188 valence electrons. The number of thiazole rings is 1. The number of halogens is 1. The second-order valence-corrected chi connectivity index (χ2v) is 10.1. The molecule has 0 saturated heterocycles. The highest BCUT2D eigenvalue weighted by Crippen LogP contribution is 2.26. The number of thioether (sulfide) groups is 1. The molecular weight excluding hydrogens is 528 g/mol. The number of methoxy groups -OCH3 is 1. The van der Waals surface area contributed by atoms with Crippen molar-refractivity contribution in [2.45, 2.75) is 18.6 Å². The molecule has 0 unspecified atom stereocenters. The summed E-state index contributed by atoms with van der Waals surface area (Å²) in [6.07, 6.45) is 0. The van der Waals surface area contributed by atoms with Gasteiger partial charge in [0.15, 0.2) is 21.5 Å². The van der Waals surface area contributed by atoms with E-state index in [1.165, 1.54) is 25.8 Å². The molecule has 0 radical (unpaired) electrons. The molecule has 3 aromatic heterocycles. The van der Waals surface area contributed by atoms with Gasteiger partial charge in [0.2, 0.25) is 5.91 Å². The number of carbonyl (C=O) groups is 2. The van der Waals surface area contributed by atoms with E-state index in [0.29, 0.717) is 20.8 Å². The molecule has 11 nitrogen and oxygen atoms in total. The minimum Gasteiger partial charge on any atom is -0.465 e. The Balaban J connectivity index is 1.65. The van der Waals surface area contributed by atoms with E-state index in [0.717, 1.165) is 33.2 Å². The van der Waals surface area contributed by atoms with Gasteiger partial charge in [-0.15, -0.1) is 0 Å². The van der Waals surface area contributed by atoms with Crippen molar-refractivity contribution >= 4 is 62.9 Å². The van der Waals surface area contributed by atoms with E-state index in [1.54, 1.807) is 23.6 Å². The highest BCUT2D eigenvalue weighted by Gasteiger charge is 2.21. The van der Waals surface area contributed by atoms with Crippen LogP contribution in [0.15, 0.2) is 39.0 Å². The number of esters is 1. The van der Waals surface area contributed by atoms with Crippen molar-refractivity contribution in [1.29, 1.82) is 0 Å². The zero-order valence-electron chi connectivity index (χ0n) is 19.7. The van der Waals surface area contributed by atoms with Crippen LogP contribution in [0.3, 0.4) is 0 Å². The van der Waals surface area contributed by atoms with Gasteiger partial charge in [-0.2, -0.15) is 0 Å². The van der Waals surface area contributed by atoms with Gasteiger partial charge >= 0.3 is 11.7 Å². The first kappa shape index (κ1) is 25.7. The van der Waals surface area contributed by atoms with E-state index in [-0.39, 0.29) is 34.5 Å². The molecule has 0 aliphatic rings. The predicted molar refractivity (Wildman–Crippen MR) is 138 cm³/mol. The van der Waals surface area contributed by atoms with E-state index in [2.05, 4.69) is 15.3 Å². The number of anilines is 1. The first-order valence-corrected chi connectivity index (χ1v) is 12.7. The second kappa shape index (κ2) is 10.3. The van der Waals surface area contributed by atoms with Crippen molar-refractivity contribution in [3.05, 3.63) is 66.3 Å². The van der Waals surface area contributed by atoms with Crippen molar-refractivity contribution < 1.29 is 14.3 Å². The molecule has 0 aliphatic carbocycles. The highest BCUT2D eigenvalue weighted by molar-refractivity contribution is 7.99. The second-order valence-electron chi connectivity index (χ2n) is 7.75. The van der Waals surface area contributed by atoms with Crippen LogP contribution in [0.2, 0.25) is 5.02 Å². The number of fused-ring (bicyclic) bond motifs is 1. The van der Waals surface area contributed by atoms with Crippen molar-refractivity contribution in [1.82, 2.24) is 23.7 Å². The summed E-state index contributed by atoms with van der Waals surface area (Å²) in [6.45, 7) is 1.93. The molecule has 1 aromatic carbocycles. The van der Waals surface area contributed by atoms with Gasteiger partial charge in [0.1, 0.15) is 4.88 Å². The zero-order valence-corrected chi connectivity index (χ0v) is 22.1. The molecule has 4 rings (SSSR count). The smallest absolute Gasteiger partial charge is 0.350 e. The molecule has 36 heavy (non-hydrogen) atoms. The maximum absolute atomic E-state index is 13.0. The third-order valence-electron chi connectivity index (χ3n) is 5.31. The fraction of sp³-hybridized carbons (Fsp3) is 0.273. The molecule has 1 N–H and O–H groups in total. The lowest BCUT2D eigenvalue weighted by molar-refractivity contribution is -0.113. The molecule has 4 aromatic rings. The number of carbonyl (C=O) groups excluding carboxylic acids is 2. The Kier molecular flexibility index (Phi) is 7.33. The lowest BCUT2D eigenvalue weighted by Gasteiger charge is -2.10. The van der Waals surface area contributed by atoms with Crippen LogP contribution in [0, 0.1) is 6.92 Å². The number of aryl methyl sites for hydroxylation is 2. The van der Waals surface area contributed by atoms with Crippen LogP contribution in [-0.4, -0.2) is 48.4 Å². The Hall–Kier alpha value is -3.42. The first-order valence-electron chi connectivity index (χ1n) is 10.5. The molecule has 0 atom stereocenters. The molecule has 0 saturated carbocycles. The van der Waals surface area contributed by atoms with Crippen LogP contribution in [-0.2, 0) is 30.2 Å². The van der Waals surface area contributed by atoms with E-state index in [4.69, 9.17) is 16.3 Å². The predicted octanol–water partition coefficient (Wildman–Crippen LogP) is 2.42. The van der Waals surface area contributed by atoms with Crippen LogP contribution in [0.25, 0.3) is 11.2 Å². The van der Waals surface area contributed by atoms with Crippen molar-refractivity contribution in [2.24, 2.45) is 14.1 Å². The summed E-state index contributed by atoms with van der Waals surface area (Å²) in [7, 11) is 4.22. The number of benzene rings is 1. The summed E-state index contributed by atoms with van der Waals surface area (Å²) in [5.41, 5.74) is 0.790. The summed E-state index contributed by atoms with van der Waals surface area (Å²) >= 11 is 8.13. The normalized spacial score (nSPS) is 11.1. The monoisotopic (exact) mass is 548 g/mol. The van der Waals surface area contributed by atoms with Crippen molar-refractivity contribution in [3.63, 3.8) is 0 Å². The van der Waals surface area contributed by atoms with E-state index in [9.17, 15) is 19.2 Å². The summed E-state index contributed by atoms with van der Waals surface area (Å²) in [5.74, 6) is -0.954. The van der Waals surface area contributed by atoms with Crippen LogP contribution in [0.4, 0.5) is 5.13 Å². The first-order chi connectivity index (χ1) is 17.1. The Morgan fingerprint density at radius 3 is 2.50 bits per heavy atom. The van der Waals surface area contributed by atoms with E-state index < -0.39 is 17.2 Å². The Morgan fingerprint density at radius 2 is 1.83 bits per heavy atom. The largest absolute Gasteiger partial charge is 0.465 e. The highest BCUT2D eigenvalue weighted by atomic mass is 35.5. The van der Waals surface area contributed by atoms with Gasteiger partial charge in [0.05, 0.1) is 25.1 Å². The minimum absolute atomic E-state index is 0.0512. The van der Waals surface area contributed by atoms with Gasteiger partial charge in [0.25, 0.3) is 5.56 Å². The van der Waals surface area contributed by atoms with Crippen LogP contribution >= 0.6 is 34.7 Å². The summed E-state index contributed by atoms with van der Waals surface area (Å²) in [6, 6.07) is 7.13. The van der Waals surface area contributed by atoms with Crippen LogP contribution in [0.1, 0.15) is 20.9 Å². The van der Waals surface area contributed by atoms with Gasteiger partial charge in [-0.3, -0.25) is 18.7 Å². The third kappa shape index (κ3) is 4.94. The maximum Gasteiger partial charge on any atom is 0.350 e. The zero-order chi connectivity index (χ0) is 26.1. The minimum atomic E-state index is -0.525. The molecule has 14 heteroatoms. The van der Waals surface area contributed by atoms with Crippen molar-refractivity contribution in [2.75, 3.05) is 18.2 Å².